The van der Waals surface area contributed by atoms with Crippen molar-refractivity contribution in [3.8, 4) is 5.75 Å². The van der Waals surface area contributed by atoms with Crippen molar-refractivity contribution in [3.63, 3.8) is 0 Å². The van der Waals surface area contributed by atoms with E-state index in [2.05, 4.69) is 15.9 Å². The standard InChI is InChI=1S/C18H19BrFNO2/c1-2-21(18(22)16-6-3-4-7-17(16)19)12-5-13-23-15-10-8-14(20)9-11-15/h3-4,6-11H,2,5,12-13H2,1H3. The molecule has 2 aromatic rings. The highest BCUT2D eigenvalue weighted by atomic mass is 79.9. The van der Waals surface area contributed by atoms with Gasteiger partial charge in [-0.1, -0.05) is 12.1 Å². The molecular formula is C18H19BrFNO2. The van der Waals surface area contributed by atoms with Gasteiger partial charge in [0.05, 0.1) is 12.2 Å². The molecule has 0 aliphatic heterocycles. The first-order valence-corrected chi connectivity index (χ1v) is 8.33. The maximum atomic E-state index is 12.8. The fraction of sp³-hybridized carbons (Fsp3) is 0.278. The van der Waals surface area contributed by atoms with Gasteiger partial charge < -0.3 is 9.64 Å². The molecule has 0 radical (unpaired) electrons. The Hall–Kier alpha value is -1.88. The smallest absolute Gasteiger partial charge is 0.254 e. The van der Waals surface area contributed by atoms with Gasteiger partial charge in [-0.3, -0.25) is 4.79 Å². The summed E-state index contributed by atoms with van der Waals surface area (Å²) in [5.74, 6) is 0.349. The van der Waals surface area contributed by atoms with E-state index in [1.807, 2.05) is 31.2 Å². The van der Waals surface area contributed by atoms with E-state index in [0.717, 1.165) is 4.47 Å². The van der Waals surface area contributed by atoms with E-state index in [4.69, 9.17) is 4.74 Å². The number of nitrogens with zero attached hydrogens (tertiary/aromatic N) is 1. The topological polar surface area (TPSA) is 29.5 Å². The maximum Gasteiger partial charge on any atom is 0.254 e. The molecule has 0 atom stereocenters. The number of rotatable bonds is 7. The van der Waals surface area contributed by atoms with Crippen molar-refractivity contribution < 1.29 is 13.9 Å². The lowest BCUT2D eigenvalue weighted by Crippen LogP contribution is -2.32. The van der Waals surface area contributed by atoms with E-state index in [9.17, 15) is 9.18 Å². The fourth-order valence-electron chi connectivity index (χ4n) is 2.18. The Morgan fingerprint density at radius 1 is 1.17 bits per heavy atom. The molecule has 0 saturated carbocycles. The molecule has 23 heavy (non-hydrogen) atoms. The average molecular weight is 380 g/mol. The van der Waals surface area contributed by atoms with Crippen LogP contribution in [0.25, 0.3) is 0 Å². The van der Waals surface area contributed by atoms with Gasteiger partial charge in [-0.05, 0) is 65.7 Å². The van der Waals surface area contributed by atoms with Crippen molar-refractivity contribution in [2.24, 2.45) is 0 Å². The monoisotopic (exact) mass is 379 g/mol. The third-order valence-electron chi connectivity index (χ3n) is 3.43. The minimum absolute atomic E-state index is 0.00163. The van der Waals surface area contributed by atoms with Crippen molar-refractivity contribution in [3.05, 3.63) is 64.4 Å². The number of carbonyl (C=O) groups is 1. The number of amides is 1. The number of hydrogen-bond donors (Lipinski definition) is 0. The van der Waals surface area contributed by atoms with Gasteiger partial charge in [0.1, 0.15) is 11.6 Å². The van der Waals surface area contributed by atoms with Crippen LogP contribution in [-0.2, 0) is 0 Å². The zero-order valence-electron chi connectivity index (χ0n) is 13.0. The molecule has 1 amide bonds. The second-order valence-corrected chi connectivity index (χ2v) is 5.87. The molecule has 2 rings (SSSR count). The third kappa shape index (κ3) is 5.06. The van der Waals surface area contributed by atoms with Gasteiger partial charge >= 0.3 is 0 Å². The van der Waals surface area contributed by atoms with Crippen LogP contribution in [0, 0.1) is 5.82 Å². The quantitative estimate of drug-likeness (QED) is 0.661. The lowest BCUT2D eigenvalue weighted by molar-refractivity contribution is 0.0755. The number of hydrogen-bond acceptors (Lipinski definition) is 2. The Morgan fingerprint density at radius 2 is 1.87 bits per heavy atom. The first-order chi connectivity index (χ1) is 11.1. The van der Waals surface area contributed by atoms with Crippen molar-refractivity contribution >= 4 is 21.8 Å². The van der Waals surface area contributed by atoms with Crippen LogP contribution in [0.2, 0.25) is 0 Å². The minimum Gasteiger partial charge on any atom is -0.494 e. The Labute approximate surface area is 144 Å². The highest BCUT2D eigenvalue weighted by Crippen LogP contribution is 2.18. The first kappa shape index (κ1) is 17.5. The highest BCUT2D eigenvalue weighted by Gasteiger charge is 2.16. The predicted molar refractivity (Wildman–Crippen MR) is 92.2 cm³/mol. The van der Waals surface area contributed by atoms with Crippen LogP contribution < -0.4 is 4.74 Å². The Bertz CT molecular complexity index is 646. The molecule has 0 bridgehead atoms. The van der Waals surface area contributed by atoms with E-state index in [1.54, 1.807) is 17.0 Å². The van der Waals surface area contributed by atoms with Gasteiger partial charge in [0, 0.05) is 17.6 Å². The van der Waals surface area contributed by atoms with Crippen LogP contribution in [0.1, 0.15) is 23.7 Å². The average Bonchev–Trinajstić information content (AvgIpc) is 2.56. The second-order valence-electron chi connectivity index (χ2n) is 5.02. The summed E-state index contributed by atoms with van der Waals surface area (Å²) < 4.78 is 19.2. The summed E-state index contributed by atoms with van der Waals surface area (Å²) in [7, 11) is 0. The first-order valence-electron chi connectivity index (χ1n) is 7.54. The third-order valence-corrected chi connectivity index (χ3v) is 4.12. The van der Waals surface area contributed by atoms with E-state index in [0.29, 0.717) is 37.4 Å². The number of halogens is 2. The zero-order valence-corrected chi connectivity index (χ0v) is 14.6. The van der Waals surface area contributed by atoms with Gasteiger partial charge in [-0.15, -0.1) is 0 Å². The zero-order chi connectivity index (χ0) is 16.7. The van der Waals surface area contributed by atoms with Crippen molar-refractivity contribution in [1.82, 2.24) is 4.90 Å². The number of ether oxygens (including phenoxy) is 1. The van der Waals surface area contributed by atoms with Crippen molar-refractivity contribution in [1.29, 1.82) is 0 Å². The molecule has 3 nitrogen and oxygen atoms in total. The molecule has 0 fully saturated rings. The largest absolute Gasteiger partial charge is 0.494 e. The van der Waals surface area contributed by atoms with E-state index in [-0.39, 0.29) is 11.7 Å². The SMILES string of the molecule is CCN(CCCOc1ccc(F)cc1)C(=O)c1ccccc1Br. The summed E-state index contributed by atoms with van der Waals surface area (Å²) in [4.78, 5) is 14.3. The molecule has 122 valence electrons. The maximum absolute atomic E-state index is 12.8. The van der Waals surface area contributed by atoms with Gasteiger partial charge in [-0.2, -0.15) is 0 Å². The van der Waals surface area contributed by atoms with E-state index >= 15 is 0 Å². The van der Waals surface area contributed by atoms with E-state index < -0.39 is 0 Å². The molecule has 5 heteroatoms. The van der Waals surface area contributed by atoms with E-state index in [1.165, 1.54) is 12.1 Å². The fourth-order valence-corrected chi connectivity index (χ4v) is 2.64. The summed E-state index contributed by atoms with van der Waals surface area (Å²) in [5, 5.41) is 0. The normalized spacial score (nSPS) is 10.4. The second kappa shape index (κ2) is 8.67. The molecule has 0 heterocycles. The molecule has 0 aliphatic rings. The van der Waals surface area contributed by atoms with Crippen LogP contribution >= 0.6 is 15.9 Å². The van der Waals surface area contributed by atoms with Gasteiger partial charge in [0.25, 0.3) is 5.91 Å². The molecular weight excluding hydrogens is 361 g/mol. The summed E-state index contributed by atoms with van der Waals surface area (Å²) in [5.41, 5.74) is 0.661. The van der Waals surface area contributed by atoms with Crippen LogP contribution in [0.3, 0.4) is 0 Å². The van der Waals surface area contributed by atoms with Crippen LogP contribution in [0.15, 0.2) is 53.0 Å². The lowest BCUT2D eigenvalue weighted by Gasteiger charge is -2.21. The summed E-state index contributed by atoms with van der Waals surface area (Å²) >= 11 is 3.41. The van der Waals surface area contributed by atoms with Crippen molar-refractivity contribution in [2.45, 2.75) is 13.3 Å². The highest BCUT2D eigenvalue weighted by molar-refractivity contribution is 9.10. The summed E-state index contributed by atoms with van der Waals surface area (Å²) in [6.07, 6.45) is 0.710. The van der Waals surface area contributed by atoms with Crippen LogP contribution in [0.4, 0.5) is 4.39 Å². The molecule has 0 aromatic heterocycles. The van der Waals surface area contributed by atoms with Gasteiger partial charge in [0.2, 0.25) is 0 Å². The molecule has 0 unspecified atom stereocenters. The molecule has 0 spiro atoms. The van der Waals surface area contributed by atoms with Gasteiger partial charge in [-0.25, -0.2) is 4.39 Å². The minimum atomic E-state index is -0.284. The Morgan fingerprint density at radius 3 is 2.52 bits per heavy atom. The molecule has 2 aromatic carbocycles. The number of carbonyl (C=O) groups excluding carboxylic acids is 1. The Balaban J connectivity index is 1.84. The molecule has 0 N–H and O–H groups in total. The summed E-state index contributed by atoms with van der Waals surface area (Å²) in [6.45, 7) is 3.68. The Kier molecular flexibility index (Phi) is 6.59. The van der Waals surface area contributed by atoms with Crippen LogP contribution in [-0.4, -0.2) is 30.5 Å². The number of benzene rings is 2. The van der Waals surface area contributed by atoms with Crippen LogP contribution in [0.5, 0.6) is 5.75 Å². The summed E-state index contributed by atoms with van der Waals surface area (Å²) in [6, 6.07) is 13.3. The predicted octanol–water partition coefficient (Wildman–Crippen LogP) is 4.52. The lowest BCUT2D eigenvalue weighted by atomic mass is 10.2. The van der Waals surface area contributed by atoms with Crippen molar-refractivity contribution in [2.75, 3.05) is 19.7 Å². The molecule has 0 saturated heterocycles. The van der Waals surface area contributed by atoms with Gasteiger partial charge in [0.15, 0.2) is 0 Å². The molecule has 0 aliphatic carbocycles.